The SMILES string of the molecule is O=C1CN(C[C]2[CH][CH][CH][CH]2)CC(=O)NCCNCCN1.[CH]1[CH][CH][CH][CH]1.[Fe+2]. The summed E-state index contributed by atoms with van der Waals surface area (Å²) in [6.45, 7) is 3.71. The molecule has 0 aromatic heterocycles. The number of nitrogens with zero attached hydrogens (tertiary/aromatic N) is 1. The number of hydrogen-bond acceptors (Lipinski definition) is 4. The fourth-order valence-corrected chi connectivity index (χ4v) is 2.49. The maximum absolute atomic E-state index is 11.8. The Bertz CT molecular complexity index is 369. The van der Waals surface area contributed by atoms with E-state index in [0.717, 1.165) is 5.92 Å². The van der Waals surface area contributed by atoms with Crippen molar-refractivity contribution in [2.24, 2.45) is 0 Å². The first-order chi connectivity index (χ1) is 12.2. The predicted molar refractivity (Wildman–Crippen MR) is 97.3 cm³/mol. The van der Waals surface area contributed by atoms with Crippen LogP contribution in [0.25, 0.3) is 0 Å². The molecule has 7 heteroatoms. The van der Waals surface area contributed by atoms with Crippen molar-refractivity contribution < 1.29 is 26.7 Å². The largest absolute Gasteiger partial charge is 2.00 e. The van der Waals surface area contributed by atoms with Gasteiger partial charge in [-0.25, -0.2) is 0 Å². The van der Waals surface area contributed by atoms with Crippen LogP contribution in [0.5, 0.6) is 0 Å². The third-order valence-corrected chi connectivity index (χ3v) is 3.68. The third-order valence-electron chi connectivity index (χ3n) is 3.68. The van der Waals surface area contributed by atoms with Gasteiger partial charge in [-0.1, -0.05) is 0 Å². The smallest absolute Gasteiger partial charge is 0.354 e. The molecule has 26 heavy (non-hydrogen) atoms. The molecule has 0 aromatic rings. The number of carbonyl (C=O) groups excluding carboxylic acids is 2. The number of carbonyl (C=O) groups is 2. The Morgan fingerprint density at radius 3 is 1.65 bits per heavy atom. The summed E-state index contributed by atoms with van der Waals surface area (Å²) < 4.78 is 0. The summed E-state index contributed by atoms with van der Waals surface area (Å²) in [5.74, 6) is 1.01. The molecule has 2 amide bonds. The molecule has 2 saturated carbocycles. The molecule has 2 aliphatic carbocycles. The fraction of sp³-hybridized carbons (Fsp3) is 0.368. The molecule has 0 aromatic carbocycles. The summed E-state index contributed by atoms with van der Waals surface area (Å²) >= 11 is 0. The van der Waals surface area contributed by atoms with Crippen molar-refractivity contribution >= 4 is 11.8 Å². The second kappa shape index (κ2) is 14.4. The van der Waals surface area contributed by atoms with Crippen LogP contribution in [0.2, 0.25) is 0 Å². The van der Waals surface area contributed by atoms with Crippen LogP contribution in [-0.4, -0.2) is 62.5 Å². The second-order valence-corrected chi connectivity index (χ2v) is 5.85. The molecule has 1 heterocycles. The topological polar surface area (TPSA) is 73.5 Å². The maximum Gasteiger partial charge on any atom is 2.00 e. The monoisotopic (exact) mass is 398 g/mol. The Hall–Kier alpha value is -0.621. The van der Waals surface area contributed by atoms with Gasteiger partial charge in [-0.3, -0.25) is 14.5 Å². The van der Waals surface area contributed by atoms with Gasteiger partial charge >= 0.3 is 17.1 Å². The van der Waals surface area contributed by atoms with E-state index in [2.05, 4.69) is 16.0 Å². The molecule has 3 rings (SSSR count). The maximum atomic E-state index is 11.8. The molecule has 6 nitrogen and oxygen atoms in total. The summed E-state index contributed by atoms with van der Waals surface area (Å²) in [6.07, 6.45) is 17.9. The molecule has 0 atom stereocenters. The van der Waals surface area contributed by atoms with E-state index < -0.39 is 0 Å². The summed E-state index contributed by atoms with van der Waals surface area (Å²) in [6, 6.07) is 0. The molecular weight excluding hydrogens is 372 g/mol. The Balaban J connectivity index is 0.000000486. The van der Waals surface area contributed by atoms with Gasteiger partial charge in [-0.2, -0.15) is 0 Å². The van der Waals surface area contributed by atoms with Crippen molar-refractivity contribution in [2.75, 3.05) is 45.8 Å². The van der Waals surface area contributed by atoms with Gasteiger partial charge in [0.1, 0.15) is 0 Å². The first-order valence-corrected chi connectivity index (χ1v) is 8.58. The van der Waals surface area contributed by atoms with Crippen molar-refractivity contribution in [1.82, 2.24) is 20.9 Å². The Kier molecular flexibility index (Phi) is 13.0. The zero-order valence-electron chi connectivity index (χ0n) is 14.8. The van der Waals surface area contributed by atoms with E-state index in [1.54, 1.807) is 0 Å². The van der Waals surface area contributed by atoms with Crippen LogP contribution >= 0.6 is 0 Å². The summed E-state index contributed by atoms with van der Waals surface area (Å²) in [7, 11) is 0. The van der Waals surface area contributed by atoms with Gasteiger partial charge in [0.15, 0.2) is 0 Å². The van der Waals surface area contributed by atoms with Crippen LogP contribution in [-0.2, 0) is 26.7 Å². The van der Waals surface area contributed by atoms with Crippen molar-refractivity contribution in [3.63, 3.8) is 0 Å². The molecule has 3 fully saturated rings. The zero-order chi connectivity index (χ0) is 17.7. The van der Waals surface area contributed by atoms with Gasteiger partial charge in [0, 0.05) is 32.7 Å². The van der Waals surface area contributed by atoms with E-state index in [4.69, 9.17) is 0 Å². The number of nitrogens with one attached hydrogen (secondary N) is 3. The molecule has 1 aliphatic heterocycles. The van der Waals surface area contributed by atoms with E-state index in [9.17, 15) is 9.59 Å². The quantitative estimate of drug-likeness (QED) is 0.551. The van der Waals surface area contributed by atoms with Crippen molar-refractivity contribution in [1.29, 1.82) is 0 Å². The van der Waals surface area contributed by atoms with Crippen molar-refractivity contribution in [3.05, 3.63) is 63.7 Å². The first kappa shape index (κ1) is 23.4. The van der Waals surface area contributed by atoms with Crippen LogP contribution in [0.3, 0.4) is 0 Å². The van der Waals surface area contributed by atoms with Gasteiger partial charge in [-0.15, -0.1) is 0 Å². The predicted octanol–water partition coefficient (Wildman–Crippen LogP) is -0.452. The number of amides is 2. The average Bonchev–Trinajstić information content (AvgIpc) is 3.29. The number of hydrogen-bond donors (Lipinski definition) is 3. The van der Waals surface area contributed by atoms with Gasteiger partial charge in [0.25, 0.3) is 0 Å². The van der Waals surface area contributed by atoms with Crippen LogP contribution in [0.15, 0.2) is 0 Å². The molecule has 3 aliphatic rings. The Labute approximate surface area is 169 Å². The van der Waals surface area contributed by atoms with Crippen LogP contribution in [0, 0.1) is 63.7 Å². The molecule has 140 valence electrons. The standard InChI is InChI=1S/C14H21N4O2.C5H5.Fe/c19-13-10-18(9-12-3-1-2-4-12)11-14(20)17-8-6-15-5-7-16-13;1-2-4-5-3-1;/h1-4,15H,5-11H2,(H,16,19)(H,17,20);1-5H;/q;;+2. The molecule has 0 spiro atoms. The van der Waals surface area contributed by atoms with Gasteiger partial charge in [-0.05, 0) is 63.7 Å². The van der Waals surface area contributed by atoms with Crippen LogP contribution < -0.4 is 16.0 Å². The van der Waals surface area contributed by atoms with Gasteiger partial charge < -0.3 is 16.0 Å². The van der Waals surface area contributed by atoms with Gasteiger partial charge in [0.2, 0.25) is 11.8 Å². The summed E-state index contributed by atoms with van der Waals surface area (Å²) in [5, 5.41) is 8.85. The minimum Gasteiger partial charge on any atom is -0.354 e. The van der Waals surface area contributed by atoms with E-state index in [-0.39, 0.29) is 42.0 Å². The average molecular weight is 398 g/mol. The fourth-order valence-electron chi connectivity index (χ4n) is 2.49. The first-order valence-electron chi connectivity index (χ1n) is 8.58. The molecule has 0 bridgehead atoms. The van der Waals surface area contributed by atoms with E-state index >= 15 is 0 Å². The van der Waals surface area contributed by atoms with Crippen molar-refractivity contribution in [3.8, 4) is 0 Å². The van der Waals surface area contributed by atoms with E-state index in [1.807, 2.05) is 62.7 Å². The van der Waals surface area contributed by atoms with Crippen LogP contribution in [0.1, 0.15) is 0 Å². The Morgan fingerprint density at radius 1 is 0.731 bits per heavy atom. The third kappa shape index (κ3) is 10.5. The number of rotatable bonds is 2. The molecule has 10 radical (unpaired) electrons. The van der Waals surface area contributed by atoms with Crippen LogP contribution in [0.4, 0.5) is 0 Å². The minimum absolute atomic E-state index is 0. The summed E-state index contributed by atoms with van der Waals surface area (Å²) in [5.41, 5.74) is 0. The van der Waals surface area contributed by atoms with Crippen molar-refractivity contribution in [2.45, 2.75) is 0 Å². The molecular formula is C19H26FeN4O2+2. The normalized spacial score (nSPS) is 23.5. The zero-order valence-corrected chi connectivity index (χ0v) is 15.9. The van der Waals surface area contributed by atoms with E-state index in [0.29, 0.717) is 32.7 Å². The molecule has 1 saturated heterocycles. The summed E-state index contributed by atoms with van der Waals surface area (Å²) in [4.78, 5) is 25.5. The van der Waals surface area contributed by atoms with Gasteiger partial charge in [0.05, 0.1) is 13.1 Å². The molecule has 0 unspecified atom stereocenters. The second-order valence-electron chi connectivity index (χ2n) is 5.85. The minimum atomic E-state index is -0.0493. The Morgan fingerprint density at radius 2 is 1.19 bits per heavy atom. The van der Waals surface area contributed by atoms with E-state index in [1.165, 1.54) is 0 Å². The molecule has 3 N–H and O–H groups in total.